The van der Waals surface area contributed by atoms with E-state index in [0.717, 1.165) is 64.8 Å². The Kier molecular flexibility index (Phi) is 18.6. The Balaban J connectivity index is 0.855. The van der Waals surface area contributed by atoms with Crippen LogP contribution < -0.4 is 19.7 Å². The molecule has 12 rings (SSSR count). The van der Waals surface area contributed by atoms with Crippen molar-refractivity contribution >= 4 is 56.9 Å². The number of likely N-dealkylation sites (tertiary alicyclic amines) is 1. The Bertz CT molecular complexity index is 3980. The van der Waals surface area contributed by atoms with Gasteiger partial charge in [0, 0.05) is 86.4 Å². The van der Waals surface area contributed by atoms with Gasteiger partial charge in [0.25, 0.3) is 0 Å². The van der Waals surface area contributed by atoms with Crippen LogP contribution in [-0.2, 0) is 30.4 Å². The number of hydrogen-bond donors (Lipinski definition) is 3. The number of anilines is 1. The second kappa shape index (κ2) is 26.8. The van der Waals surface area contributed by atoms with Crippen molar-refractivity contribution in [3.8, 4) is 44.6 Å². The number of benzene rings is 4. The molecule has 1 unspecified atom stereocenters. The van der Waals surface area contributed by atoms with Crippen LogP contribution in [0.1, 0.15) is 132 Å². The standard InChI is InChI=1S/C68H81FN12O10S/c1-38(2)60(65(85)79-32-47(83)28-55(79)64(84)72-53(34-82)45-19-21-46(22-20-45)62-41(5)70-37-92-62)80-33-52(75-76-80)44-15-13-42(14-16-44)36-89-61-58(57-40(4)51(69)30-54-50(57)31-71-81(54)56-12-10-11-27-88-56)48(43-17-18-43)29-49-59(61)73-66(90-35-39(3)87-9)74-63(49)77-23-25-78(26-24-77)67(86)91-68(6,7)8/h13-16,19-22,29-31,33,37-39,43,47,53,55-56,60,82-83H,10-12,17-18,23-28,32,34-36H2,1-9H3,(H,72,84)/t39-,47+,53-,55-,56?,60-/m0/s1. The maximum absolute atomic E-state index is 16.9. The van der Waals surface area contributed by atoms with Gasteiger partial charge < -0.3 is 53.9 Å². The number of halogens is 1. The number of ether oxygens (including phenoxy) is 5. The Morgan fingerprint density at radius 2 is 1.66 bits per heavy atom. The van der Waals surface area contributed by atoms with Crippen molar-refractivity contribution in [3.63, 3.8) is 0 Å². The van der Waals surface area contributed by atoms with Crippen molar-refractivity contribution in [2.24, 2.45) is 5.92 Å². The molecule has 1 aliphatic carbocycles. The van der Waals surface area contributed by atoms with Gasteiger partial charge in [-0.1, -0.05) is 67.6 Å². The van der Waals surface area contributed by atoms with Gasteiger partial charge in [0.05, 0.1) is 58.8 Å². The first-order valence-electron chi connectivity index (χ1n) is 31.8. The summed E-state index contributed by atoms with van der Waals surface area (Å²) < 4.78 is 51.4. The van der Waals surface area contributed by atoms with Crippen LogP contribution in [0, 0.1) is 25.6 Å². The van der Waals surface area contributed by atoms with Crippen LogP contribution in [0.3, 0.4) is 0 Å². The maximum atomic E-state index is 16.9. The van der Waals surface area contributed by atoms with Crippen LogP contribution in [0.2, 0.25) is 0 Å². The number of methoxy groups -OCH3 is 1. The molecular formula is C68H81FN12O10S. The van der Waals surface area contributed by atoms with Gasteiger partial charge in [0.2, 0.25) is 11.8 Å². The number of piperazine rings is 1. The zero-order valence-corrected chi connectivity index (χ0v) is 54.4. The Labute approximate surface area is 538 Å². The Morgan fingerprint density at radius 1 is 0.913 bits per heavy atom. The molecule has 486 valence electrons. The number of rotatable bonds is 20. The van der Waals surface area contributed by atoms with E-state index in [0.29, 0.717) is 94.3 Å². The lowest BCUT2D eigenvalue weighted by atomic mass is 9.88. The molecule has 8 aromatic rings. The van der Waals surface area contributed by atoms with Crippen LogP contribution >= 0.6 is 11.3 Å². The van der Waals surface area contributed by atoms with E-state index in [1.807, 2.05) is 97.0 Å². The summed E-state index contributed by atoms with van der Waals surface area (Å²) in [6.45, 7) is 17.0. The van der Waals surface area contributed by atoms with E-state index in [2.05, 4.69) is 31.6 Å². The maximum Gasteiger partial charge on any atom is 0.410 e. The molecule has 0 bridgehead atoms. The zero-order valence-electron chi connectivity index (χ0n) is 53.6. The third kappa shape index (κ3) is 13.4. The van der Waals surface area contributed by atoms with Crippen LogP contribution in [0.25, 0.3) is 54.6 Å². The first-order valence-corrected chi connectivity index (χ1v) is 32.7. The number of thiazole rings is 1. The predicted octanol–water partition coefficient (Wildman–Crippen LogP) is 10.4. The average Bonchev–Trinajstić information content (AvgIpc) is 1.32. The molecule has 0 spiro atoms. The largest absolute Gasteiger partial charge is 0.486 e. The summed E-state index contributed by atoms with van der Waals surface area (Å²) in [6, 6.07) is 16.4. The fourth-order valence-electron chi connectivity index (χ4n) is 12.7. The number of carbonyl (C=O) groups is 3. The SMILES string of the molecule is CO[C@@H](C)COc1nc(N2CCN(C(=O)OC(C)(C)C)CC2)c2cc(C3CC3)c(-c3c(C)c(F)cc4c3cnn4C3CCCCO3)c(OCc3ccc(-c4cn([C@H](C(=O)N5C[C@H](O)C[C@H]5C(=O)N[C@@H](CO)c5ccc(-c6scnc6C)cc5)C(C)C)nn4)cc3)c2n1. The highest BCUT2D eigenvalue weighted by molar-refractivity contribution is 7.13. The molecule has 4 aromatic carbocycles. The Hall–Kier alpha value is -8.16. The summed E-state index contributed by atoms with van der Waals surface area (Å²) in [4.78, 5) is 63.1. The lowest BCUT2D eigenvalue weighted by molar-refractivity contribution is -0.142. The zero-order chi connectivity index (χ0) is 64.7. The summed E-state index contributed by atoms with van der Waals surface area (Å²) >= 11 is 1.53. The number of nitrogens with one attached hydrogen (secondary N) is 1. The first-order chi connectivity index (χ1) is 44.2. The van der Waals surface area contributed by atoms with Gasteiger partial charge in [-0.2, -0.15) is 15.1 Å². The first kappa shape index (κ1) is 64.0. The van der Waals surface area contributed by atoms with Gasteiger partial charge >= 0.3 is 12.1 Å². The normalized spacial score (nSPS) is 19.0. The number of fused-ring (bicyclic) bond motifs is 2. The van der Waals surface area contributed by atoms with E-state index in [1.165, 1.54) is 20.9 Å². The highest BCUT2D eigenvalue weighted by Gasteiger charge is 2.44. The lowest BCUT2D eigenvalue weighted by Crippen LogP contribution is -2.50. The monoisotopic (exact) mass is 1280 g/mol. The molecule has 4 aliphatic rings. The molecule has 92 heavy (non-hydrogen) atoms. The topological polar surface area (TPSA) is 247 Å². The summed E-state index contributed by atoms with van der Waals surface area (Å²) in [6.07, 6.45) is 6.03. The van der Waals surface area contributed by atoms with Crippen LogP contribution in [0.15, 0.2) is 78.6 Å². The molecule has 6 atom stereocenters. The predicted molar refractivity (Wildman–Crippen MR) is 346 cm³/mol. The molecule has 4 fully saturated rings. The molecule has 24 heteroatoms. The minimum atomic E-state index is -1.00. The number of hydrogen-bond acceptors (Lipinski definition) is 18. The van der Waals surface area contributed by atoms with Crippen molar-refractivity contribution in [1.82, 2.24) is 54.8 Å². The second-order valence-corrected chi connectivity index (χ2v) is 26.8. The molecule has 0 radical (unpaired) electrons. The fourth-order valence-corrected chi connectivity index (χ4v) is 13.5. The number of carbonyl (C=O) groups excluding carboxylic acids is 3. The van der Waals surface area contributed by atoms with E-state index in [1.54, 1.807) is 47.6 Å². The van der Waals surface area contributed by atoms with Gasteiger partial charge in [-0.25, -0.2) is 23.5 Å². The highest BCUT2D eigenvalue weighted by atomic mass is 32.1. The van der Waals surface area contributed by atoms with Gasteiger partial charge in [0.1, 0.15) is 53.7 Å². The van der Waals surface area contributed by atoms with Gasteiger partial charge in [-0.15, -0.1) is 16.4 Å². The molecule has 4 aromatic heterocycles. The number of nitrogens with zero attached hydrogens (tertiary/aromatic N) is 11. The quantitative estimate of drug-likeness (QED) is 0.0642. The molecule has 1 saturated carbocycles. The third-order valence-electron chi connectivity index (χ3n) is 17.8. The average molecular weight is 1280 g/mol. The van der Waals surface area contributed by atoms with Crippen molar-refractivity contribution in [3.05, 3.63) is 112 Å². The molecule has 3 N–H and O–H groups in total. The van der Waals surface area contributed by atoms with Crippen molar-refractivity contribution < 1.29 is 52.7 Å². The summed E-state index contributed by atoms with van der Waals surface area (Å²) in [5.41, 5.74) is 9.53. The summed E-state index contributed by atoms with van der Waals surface area (Å²) in [5.74, 6) is -0.442. The van der Waals surface area contributed by atoms with Gasteiger partial charge in [-0.05, 0) is 119 Å². The van der Waals surface area contributed by atoms with Crippen LogP contribution in [-0.4, -0.2) is 161 Å². The van der Waals surface area contributed by atoms with E-state index in [-0.39, 0.29) is 69.1 Å². The van der Waals surface area contributed by atoms with Crippen molar-refractivity contribution in [2.45, 2.75) is 149 Å². The van der Waals surface area contributed by atoms with E-state index < -0.39 is 47.5 Å². The number of aryl methyl sites for hydroxylation is 1. The minimum absolute atomic E-state index is 0.0250. The van der Waals surface area contributed by atoms with E-state index in [4.69, 9.17) is 38.8 Å². The molecule has 22 nitrogen and oxygen atoms in total. The van der Waals surface area contributed by atoms with Gasteiger partial charge in [-0.3, -0.25) is 9.59 Å². The smallest absolute Gasteiger partial charge is 0.410 e. The van der Waals surface area contributed by atoms with Gasteiger partial charge in [0.15, 0.2) is 12.0 Å². The van der Waals surface area contributed by atoms with E-state index in [9.17, 15) is 24.6 Å². The number of aromatic nitrogens is 8. The minimum Gasteiger partial charge on any atom is -0.486 e. The summed E-state index contributed by atoms with van der Waals surface area (Å²) in [7, 11) is 1.61. The van der Waals surface area contributed by atoms with E-state index >= 15 is 4.39 Å². The second-order valence-electron chi connectivity index (χ2n) is 26.0. The number of β-amino-alcohol motifs (C(OH)–C–C–N with tert-alkyl or cyclic N) is 1. The molecule has 3 saturated heterocycles. The number of amides is 3. The molecule has 3 aliphatic heterocycles. The van der Waals surface area contributed by atoms with Crippen LogP contribution in [0.5, 0.6) is 11.8 Å². The highest BCUT2D eigenvalue weighted by Crippen LogP contribution is 2.54. The molecule has 3 amide bonds. The number of aliphatic hydroxyl groups is 2. The van der Waals surface area contributed by atoms with Crippen molar-refractivity contribution in [2.75, 3.05) is 64.6 Å². The molecular weight excluding hydrogens is 1200 g/mol. The number of aliphatic hydroxyl groups excluding tert-OH is 2. The summed E-state index contributed by atoms with van der Waals surface area (Å²) in [5, 5.41) is 39.8. The Morgan fingerprint density at radius 3 is 2.33 bits per heavy atom. The lowest BCUT2D eigenvalue weighted by Gasteiger charge is -2.36. The van der Waals surface area contributed by atoms with Crippen molar-refractivity contribution in [1.29, 1.82) is 0 Å². The fraction of sp³-hybridized carbons (Fsp3) is 0.485. The van der Waals surface area contributed by atoms with Crippen LogP contribution in [0.4, 0.5) is 15.0 Å². The molecule has 7 heterocycles. The third-order valence-corrected chi connectivity index (χ3v) is 18.8.